The van der Waals surface area contributed by atoms with E-state index in [1.54, 1.807) is 17.3 Å². The Morgan fingerprint density at radius 1 is 1.06 bits per heavy atom. The first-order valence-electron chi connectivity index (χ1n) is 11.3. The molecule has 0 spiro atoms. The summed E-state index contributed by atoms with van der Waals surface area (Å²) in [5.74, 6) is 0.660. The molecule has 0 radical (unpaired) electrons. The summed E-state index contributed by atoms with van der Waals surface area (Å²) in [5.41, 5.74) is 3.31. The molecule has 35 heavy (non-hydrogen) atoms. The summed E-state index contributed by atoms with van der Waals surface area (Å²) in [5, 5.41) is 12.4. The minimum Gasteiger partial charge on any atom is -0.324 e. The molecule has 176 valence electrons. The third kappa shape index (κ3) is 4.95. The second-order valence-corrected chi connectivity index (χ2v) is 9.23. The molecule has 0 saturated heterocycles. The molecule has 0 fully saturated rings. The van der Waals surface area contributed by atoms with Crippen LogP contribution in [0.1, 0.15) is 18.9 Å². The van der Waals surface area contributed by atoms with E-state index in [2.05, 4.69) is 20.5 Å². The zero-order valence-corrected chi connectivity index (χ0v) is 20.0. The van der Waals surface area contributed by atoms with Crippen molar-refractivity contribution in [3.8, 4) is 11.4 Å². The first kappa shape index (κ1) is 22.8. The largest absolute Gasteiger partial charge is 0.324 e. The molecule has 0 saturated carbocycles. The normalized spacial score (nSPS) is 15.3. The van der Waals surface area contributed by atoms with E-state index in [4.69, 9.17) is 0 Å². The highest BCUT2D eigenvalue weighted by Crippen LogP contribution is 2.32. The molecule has 8 nitrogen and oxygen atoms in total. The number of benzene rings is 2. The fraction of sp³-hybridized carbons (Fsp3) is 0.192. The SMILES string of the molecule is C[C@@H]1CC(=O)Nc2ccccc2N1C(=O)CSc1nnc(-c2cccnc2)n1Cc1ccccc1. The molecular formula is C26H24N6O2S. The maximum atomic E-state index is 13.4. The maximum absolute atomic E-state index is 13.4. The quantitative estimate of drug-likeness (QED) is 0.412. The van der Waals surface area contributed by atoms with Crippen LogP contribution in [0.5, 0.6) is 0 Å². The van der Waals surface area contributed by atoms with Crippen molar-refractivity contribution in [2.45, 2.75) is 31.1 Å². The van der Waals surface area contributed by atoms with Crippen LogP contribution >= 0.6 is 11.8 Å². The van der Waals surface area contributed by atoms with Gasteiger partial charge in [0.1, 0.15) is 0 Å². The Morgan fingerprint density at radius 3 is 2.66 bits per heavy atom. The van der Waals surface area contributed by atoms with Crippen LogP contribution in [0.3, 0.4) is 0 Å². The smallest absolute Gasteiger partial charge is 0.237 e. The van der Waals surface area contributed by atoms with E-state index >= 15 is 0 Å². The zero-order chi connectivity index (χ0) is 24.2. The topological polar surface area (TPSA) is 93.0 Å². The molecule has 1 atom stereocenters. The van der Waals surface area contributed by atoms with Gasteiger partial charge in [0, 0.05) is 30.4 Å². The van der Waals surface area contributed by atoms with Gasteiger partial charge in [0.2, 0.25) is 11.8 Å². The third-order valence-electron chi connectivity index (χ3n) is 5.77. The fourth-order valence-electron chi connectivity index (χ4n) is 4.18. The van der Waals surface area contributed by atoms with Crippen molar-refractivity contribution in [2.75, 3.05) is 16.0 Å². The van der Waals surface area contributed by atoms with Crippen LogP contribution in [0.15, 0.2) is 84.3 Å². The highest BCUT2D eigenvalue weighted by molar-refractivity contribution is 7.99. The minimum atomic E-state index is -0.264. The summed E-state index contributed by atoms with van der Waals surface area (Å²) in [7, 11) is 0. The predicted octanol–water partition coefficient (Wildman–Crippen LogP) is 4.24. The summed E-state index contributed by atoms with van der Waals surface area (Å²) in [6, 6.07) is 21.0. The predicted molar refractivity (Wildman–Crippen MR) is 136 cm³/mol. The molecule has 5 rings (SSSR count). The lowest BCUT2D eigenvalue weighted by Crippen LogP contribution is -2.40. The standard InChI is InChI=1S/C26H24N6O2S/c1-18-14-23(33)28-21-11-5-6-12-22(21)32(18)24(34)17-35-26-30-29-25(20-10-7-13-27-15-20)31(26)16-19-8-3-2-4-9-19/h2-13,15,18H,14,16-17H2,1H3,(H,28,33)/t18-/m1/s1. The molecule has 2 aromatic carbocycles. The van der Waals surface area contributed by atoms with Gasteiger partial charge in [-0.05, 0) is 36.8 Å². The lowest BCUT2D eigenvalue weighted by Gasteiger charge is -2.27. The summed E-state index contributed by atoms with van der Waals surface area (Å²) in [4.78, 5) is 31.7. The van der Waals surface area contributed by atoms with Crippen LogP contribution < -0.4 is 10.2 Å². The molecule has 9 heteroatoms. The second kappa shape index (κ2) is 10.1. The number of aromatic nitrogens is 4. The van der Waals surface area contributed by atoms with Crippen molar-refractivity contribution in [1.82, 2.24) is 19.7 Å². The number of thioether (sulfide) groups is 1. The Labute approximate surface area is 207 Å². The number of amides is 2. The molecule has 1 N–H and O–H groups in total. The fourth-order valence-corrected chi connectivity index (χ4v) is 4.97. The van der Waals surface area contributed by atoms with Crippen LogP contribution in [0.25, 0.3) is 11.4 Å². The number of carbonyl (C=O) groups is 2. The third-order valence-corrected chi connectivity index (χ3v) is 6.72. The van der Waals surface area contributed by atoms with Crippen LogP contribution in [0.4, 0.5) is 11.4 Å². The van der Waals surface area contributed by atoms with E-state index in [0.29, 0.717) is 28.9 Å². The van der Waals surface area contributed by atoms with E-state index < -0.39 is 0 Å². The molecule has 0 aliphatic carbocycles. The molecule has 1 aliphatic rings. The molecule has 0 unspecified atom stereocenters. The van der Waals surface area contributed by atoms with Crippen molar-refractivity contribution >= 4 is 35.0 Å². The molecule has 1 aliphatic heterocycles. The number of nitrogens with one attached hydrogen (secondary N) is 1. The number of hydrogen-bond donors (Lipinski definition) is 1. The van der Waals surface area contributed by atoms with Gasteiger partial charge in [-0.2, -0.15) is 0 Å². The zero-order valence-electron chi connectivity index (χ0n) is 19.2. The van der Waals surface area contributed by atoms with Gasteiger partial charge in [-0.15, -0.1) is 10.2 Å². The van der Waals surface area contributed by atoms with Gasteiger partial charge < -0.3 is 10.2 Å². The molecule has 2 amide bonds. The Bertz CT molecular complexity index is 1340. The lowest BCUT2D eigenvalue weighted by atomic mass is 10.2. The second-order valence-electron chi connectivity index (χ2n) is 8.29. The number of fused-ring (bicyclic) bond motifs is 1. The summed E-state index contributed by atoms with van der Waals surface area (Å²) in [6.45, 7) is 2.46. The van der Waals surface area contributed by atoms with Crippen LogP contribution in [0.2, 0.25) is 0 Å². The van der Waals surface area contributed by atoms with E-state index in [-0.39, 0.29) is 30.0 Å². The minimum absolute atomic E-state index is 0.0939. The number of pyridine rings is 1. The molecule has 4 aromatic rings. The lowest BCUT2D eigenvalue weighted by molar-refractivity contribution is -0.117. The van der Waals surface area contributed by atoms with Crippen molar-refractivity contribution in [3.05, 3.63) is 84.7 Å². The van der Waals surface area contributed by atoms with E-state index in [9.17, 15) is 9.59 Å². The molecule has 3 heterocycles. The van der Waals surface area contributed by atoms with Crippen molar-refractivity contribution in [2.24, 2.45) is 0 Å². The summed E-state index contributed by atoms with van der Waals surface area (Å²) in [6.07, 6.45) is 3.71. The number of carbonyl (C=O) groups excluding carboxylic acids is 2. The first-order valence-corrected chi connectivity index (χ1v) is 12.3. The van der Waals surface area contributed by atoms with Crippen molar-refractivity contribution in [3.63, 3.8) is 0 Å². The number of rotatable bonds is 6. The highest BCUT2D eigenvalue weighted by Gasteiger charge is 2.30. The maximum Gasteiger partial charge on any atom is 0.237 e. The Hall–Kier alpha value is -3.98. The van der Waals surface area contributed by atoms with E-state index in [1.807, 2.05) is 78.2 Å². The number of para-hydroxylation sites is 2. The highest BCUT2D eigenvalue weighted by atomic mass is 32.2. The number of anilines is 2. The molecular weight excluding hydrogens is 460 g/mol. The van der Waals surface area contributed by atoms with E-state index in [0.717, 1.165) is 11.1 Å². The van der Waals surface area contributed by atoms with Gasteiger partial charge >= 0.3 is 0 Å². The number of hydrogen-bond acceptors (Lipinski definition) is 6. The molecule has 0 bridgehead atoms. The summed E-state index contributed by atoms with van der Waals surface area (Å²) >= 11 is 1.34. The van der Waals surface area contributed by atoms with Crippen molar-refractivity contribution in [1.29, 1.82) is 0 Å². The number of nitrogens with zero attached hydrogens (tertiary/aromatic N) is 5. The Morgan fingerprint density at radius 2 is 1.86 bits per heavy atom. The van der Waals surface area contributed by atoms with Crippen LogP contribution in [-0.4, -0.2) is 43.4 Å². The van der Waals surface area contributed by atoms with Crippen LogP contribution in [0, 0.1) is 0 Å². The van der Waals surface area contributed by atoms with Gasteiger partial charge in [0.25, 0.3) is 0 Å². The first-order chi connectivity index (χ1) is 17.1. The van der Waals surface area contributed by atoms with Crippen LogP contribution in [-0.2, 0) is 16.1 Å². The average Bonchev–Trinajstić information content (AvgIpc) is 3.21. The molecule has 2 aromatic heterocycles. The Balaban J connectivity index is 1.42. The Kier molecular flexibility index (Phi) is 6.58. The van der Waals surface area contributed by atoms with Gasteiger partial charge in [0.05, 0.1) is 23.7 Å². The van der Waals surface area contributed by atoms with E-state index in [1.165, 1.54) is 11.8 Å². The van der Waals surface area contributed by atoms with Gasteiger partial charge in [-0.25, -0.2) is 0 Å². The van der Waals surface area contributed by atoms with Gasteiger partial charge in [0.15, 0.2) is 11.0 Å². The van der Waals surface area contributed by atoms with Gasteiger partial charge in [-0.1, -0.05) is 54.2 Å². The summed E-state index contributed by atoms with van der Waals surface area (Å²) < 4.78 is 2.01. The monoisotopic (exact) mass is 484 g/mol. The van der Waals surface area contributed by atoms with Gasteiger partial charge in [-0.3, -0.25) is 19.1 Å². The van der Waals surface area contributed by atoms with Crippen molar-refractivity contribution < 1.29 is 9.59 Å². The average molecular weight is 485 g/mol.